The highest BCUT2D eigenvalue weighted by Gasteiger charge is 2.35. The fraction of sp³-hybridized carbons (Fsp3) is 0.250. The molecule has 0 amide bonds. The Morgan fingerprint density at radius 2 is 0.425 bits per heavy atom. The first-order chi connectivity index (χ1) is 39.4. The van der Waals surface area contributed by atoms with E-state index >= 15 is 0 Å². The molecule has 0 fully saturated rings. The first-order valence-corrected chi connectivity index (χ1v) is 27.6. The van der Waals surface area contributed by atoms with Crippen molar-refractivity contribution in [2.24, 2.45) is 0 Å². The van der Waals surface area contributed by atoms with Crippen molar-refractivity contribution in [1.82, 2.24) is 39.9 Å². The largest absolute Gasteiger partial charge is 0.492 e. The van der Waals surface area contributed by atoms with E-state index in [1.807, 2.05) is 152 Å². The Kier molecular flexibility index (Phi) is 12.8. The van der Waals surface area contributed by atoms with E-state index in [0.717, 1.165) is 43.1 Å². The molecule has 8 bridgehead atoms. The van der Waals surface area contributed by atoms with E-state index in [1.54, 1.807) is 0 Å². The van der Waals surface area contributed by atoms with Crippen molar-refractivity contribution in [2.75, 3.05) is 52.9 Å². The van der Waals surface area contributed by atoms with Crippen molar-refractivity contribution in [2.45, 2.75) is 55.4 Å². The topological polar surface area (TPSA) is 183 Å². The first kappa shape index (κ1) is 50.1. The van der Waals surface area contributed by atoms with Crippen molar-refractivity contribution >= 4 is 87.2 Å². The lowest BCUT2D eigenvalue weighted by molar-refractivity contribution is 0.339. The number of H-pyrrole nitrogens is 2. The molecule has 2 aliphatic rings. The zero-order valence-corrected chi connectivity index (χ0v) is 45.8. The third kappa shape index (κ3) is 7.63. The molecule has 0 aliphatic carbocycles. The van der Waals surface area contributed by atoms with E-state index in [4.69, 9.17) is 67.8 Å². The van der Waals surface area contributed by atoms with Crippen LogP contribution in [0.25, 0.3) is 133 Å². The van der Waals surface area contributed by atoms with Gasteiger partial charge in [-0.3, -0.25) is 0 Å². The van der Waals surface area contributed by atoms with Crippen LogP contribution in [0.1, 0.15) is 55.4 Å². The highest BCUT2D eigenvalue weighted by Crippen LogP contribution is 2.56. The second kappa shape index (κ2) is 20.4. The summed E-state index contributed by atoms with van der Waals surface area (Å²) in [4.78, 5) is 40.8. The second-order valence-corrected chi connectivity index (χ2v) is 18.9. The molecule has 0 saturated carbocycles. The quantitative estimate of drug-likeness (QED) is 0.0932. The number of nitrogens with one attached hydrogen (secondary N) is 2. The molecule has 2 aliphatic heterocycles. The van der Waals surface area contributed by atoms with Gasteiger partial charge in [-0.25, -0.2) is 29.9 Å². The van der Waals surface area contributed by atoms with Crippen LogP contribution in [0.5, 0.6) is 46.0 Å². The van der Waals surface area contributed by atoms with Crippen LogP contribution in [0.4, 0.5) is 0 Å². The molecule has 0 radical (unpaired) electrons. The molecule has 80 heavy (non-hydrogen) atoms. The average molecular weight is 1070 g/mol. The predicted octanol–water partition coefficient (Wildman–Crippen LogP) is 14.7. The lowest BCUT2D eigenvalue weighted by atomic mass is 9.98. The molecule has 5 heterocycles. The Balaban J connectivity index is 1.35. The molecule has 2 N–H and O–H groups in total. The number of hydrogen-bond donors (Lipinski definition) is 2. The maximum atomic E-state index is 6.74. The molecule has 13 rings (SSSR count). The van der Waals surface area contributed by atoms with Gasteiger partial charge in [-0.2, -0.15) is 0 Å². The van der Waals surface area contributed by atoms with Gasteiger partial charge in [0.15, 0.2) is 23.3 Å². The van der Waals surface area contributed by atoms with Crippen molar-refractivity contribution in [3.63, 3.8) is 0 Å². The van der Waals surface area contributed by atoms with Crippen molar-refractivity contribution in [3.8, 4) is 91.5 Å². The SMILES string of the molecule is CCOc1c2c(c(OCC)c3ccccc13)-c1nc-2nc2[nH]c(nc3nc(nc4[nH]c(n1)c1c(OCC)c5ccccc5c(OCC)c41)-c1c-3c(OCC)c3ccccc3c1OCC)c1c(OCC)c3ccccc3c(OCC)c21. The molecule has 0 saturated heterocycles. The Hall–Kier alpha value is -9.44. The Bertz CT molecular complexity index is 3960. The number of nitrogens with zero attached hydrogens (tertiary/aromatic N) is 6. The summed E-state index contributed by atoms with van der Waals surface area (Å²) in [5.74, 6) is 5.87. The van der Waals surface area contributed by atoms with Crippen LogP contribution in [-0.2, 0) is 0 Å². The van der Waals surface area contributed by atoms with Crippen LogP contribution in [0.15, 0.2) is 97.1 Å². The monoisotopic (exact) mass is 1070 g/mol. The summed E-state index contributed by atoms with van der Waals surface area (Å²) < 4.78 is 53.9. The van der Waals surface area contributed by atoms with E-state index in [9.17, 15) is 0 Å². The number of fused-ring (bicyclic) bond motifs is 24. The van der Waals surface area contributed by atoms with Gasteiger partial charge >= 0.3 is 0 Å². The Morgan fingerprint density at radius 1 is 0.250 bits per heavy atom. The molecule has 3 aromatic heterocycles. The van der Waals surface area contributed by atoms with Crippen molar-refractivity contribution < 1.29 is 37.9 Å². The van der Waals surface area contributed by atoms with Crippen LogP contribution in [0.2, 0.25) is 0 Å². The standard InChI is InChI=1S/C64H58N8O8/c1-9-73-49-33-25-17-18-26-34(33)50(74-10-2)42-41(49)57-65-58(42)70-60-45-46(54(78-14-6)38-30-22-21-29-37(38)53(45)77-13-5)62(67-60)72-64-48-47(55(79-15-7)39-31-23-24-32-40(39)56(48)80-16-8)63(68-64)71-61-44-43(59(66-61)69-57)51(75-11-3)35-27-19-20-28-36(35)52(44)76-12-4/h17-32H,9-16H2,1-8H3,(H2,65,66,67,68,69,70,71,72). The fourth-order valence-electron chi connectivity index (χ4n) is 11.6. The highest BCUT2D eigenvalue weighted by atomic mass is 16.5. The highest BCUT2D eigenvalue weighted by molar-refractivity contribution is 6.23. The van der Waals surface area contributed by atoms with Gasteiger partial charge in [-0.05, 0) is 55.4 Å². The molecule has 402 valence electrons. The summed E-state index contributed by atoms with van der Waals surface area (Å²) in [5, 5.41) is 9.11. The normalized spacial score (nSPS) is 11.9. The minimum absolute atomic E-state index is 0.307. The predicted molar refractivity (Wildman–Crippen MR) is 315 cm³/mol. The maximum Gasteiger partial charge on any atom is 0.168 e. The molecule has 16 heteroatoms. The Labute approximate surface area is 460 Å². The van der Waals surface area contributed by atoms with Gasteiger partial charge in [0.05, 0.1) is 96.7 Å². The maximum absolute atomic E-state index is 6.74. The summed E-state index contributed by atoms with van der Waals surface area (Å²) >= 11 is 0. The van der Waals surface area contributed by atoms with E-state index < -0.39 is 0 Å². The number of benzene rings is 8. The minimum atomic E-state index is 0.307. The van der Waals surface area contributed by atoms with Crippen LogP contribution in [0.3, 0.4) is 0 Å². The zero-order valence-electron chi connectivity index (χ0n) is 45.8. The van der Waals surface area contributed by atoms with Gasteiger partial charge in [-0.15, -0.1) is 0 Å². The molecular weight excluding hydrogens is 1010 g/mol. The molecule has 0 atom stereocenters. The van der Waals surface area contributed by atoms with Gasteiger partial charge in [-0.1, -0.05) is 97.1 Å². The van der Waals surface area contributed by atoms with Gasteiger partial charge in [0.25, 0.3) is 0 Å². The molecule has 11 aromatic rings. The number of hydrogen-bond acceptors (Lipinski definition) is 14. The van der Waals surface area contributed by atoms with Gasteiger partial charge in [0, 0.05) is 43.1 Å². The average Bonchev–Trinajstić information content (AvgIpc) is 4.33. The summed E-state index contributed by atoms with van der Waals surface area (Å²) in [6.45, 7) is 18.5. The van der Waals surface area contributed by atoms with Crippen LogP contribution in [-0.4, -0.2) is 92.7 Å². The summed E-state index contributed by atoms with van der Waals surface area (Å²) in [6, 6.07) is 32.2. The third-order valence-electron chi connectivity index (χ3n) is 14.4. The molecule has 0 unspecified atom stereocenters. The molecular formula is C64H58N8O8. The lowest BCUT2D eigenvalue weighted by Gasteiger charge is -2.17. The number of aromatic nitrogens is 8. The summed E-state index contributed by atoms with van der Waals surface area (Å²) in [7, 11) is 0. The van der Waals surface area contributed by atoms with Crippen molar-refractivity contribution in [3.05, 3.63) is 97.1 Å². The fourth-order valence-corrected chi connectivity index (χ4v) is 11.6. The first-order valence-electron chi connectivity index (χ1n) is 27.6. The molecule has 8 aromatic carbocycles. The number of rotatable bonds is 16. The lowest BCUT2D eigenvalue weighted by Crippen LogP contribution is -2.01. The van der Waals surface area contributed by atoms with Gasteiger partial charge in [0.1, 0.15) is 68.6 Å². The number of ether oxygens (including phenoxy) is 8. The smallest absolute Gasteiger partial charge is 0.168 e. The summed E-state index contributed by atoms with van der Waals surface area (Å²) in [5.41, 5.74) is 3.96. The van der Waals surface area contributed by atoms with Crippen molar-refractivity contribution in [1.29, 1.82) is 0 Å². The van der Waals surface area contributed by atoms with Gasteiger partial charge in [0.2, 0.25) is 0 Å². The second-order valence-electron chi connectivity index (χ2n) is 18.9. The van der Waals surface area contributed by atoms with E-state index in [2.05, 4.69) is 9.97 Å². The van der Waals surface area contributed by atoms with Gasteiger partial charge < -0.3 is 47.9 Å². The van der Waals surface area contributed by atoms with E-state index in [-0.39, 0.29) is 0 Å². The molecule has 16 nitrogen and oxygen atoms in total. The number of aromatic amines is 2. The Morgan fingerprint density at radius 3 is 0.613 bits per heavy atom. The van der Waals surface area contributed by atoms with Crippen LogP contribution < -0.4 is 37.9 Å². The van der Waals surface area contributed by atoms with E-state index in [1.165, 1.54) is 0 Å². The molecule has 0 spiro atoms. The van der Waals surface area contributed by atoms with Crippen LogP contribution >= 0.6 is 0 Å². The minimum Gasteiger partial charge on any atom is -0.492 e. The zero-order chi connectivity index (χ0) is 54.8. The third-order valence-corrected chi connectivity index (χ3v) is 14.4. The summed E-state index contributed by atoms with van der Waals surface area (Å²) in [6.07, 6.45) is 0. The van der Waals surface area contributed by atoms with E-state index in [0.29, 0.717) is 189 Å². The van der Waals surface area contributed by atoms with Crippen LogP contribution in [0, 0.1) is 0 Å².